The van der Waals surface area contributed by atoms with E-state index in [9.17, 15) is 19.2 Å². The fourth-order valence-electron chi connectivity index (χ4n) is 6.95. The highest BCUT2D eigenvalue weighted by molar-refractivity contribution is 5.86. The van der Waals surface area contributed by atoms with E-state index in [2.05, 4.69) is 96.2 Å². The molecule has 0 saturated heterocycles. The molecule has 2 N–H and O–H groups in total. The number of hydrogen-bond acceptors (Lipinski definition) is 6. The predicted molar refractivity (Wildman–Crippen MR) is 223 cm³/mol. The molecule has 56 heavy (non-hydrogen) atoms. The first-order valence-electron chi connectivity index (χ1n) is 20.0. The van der Waals surface area contributed by atoms with Crippen molar-refractivity contribution in [3.8, 4) is 33.6 Å². The molecule has 0 unspecified atom stereocenters. The lowest BCUT2D eigenvalue weighted by molar-refractivity contribution is -0.139. The average Bonchev–Trinajstić information content (AvgIpc) is 3.88. The molecule has 0 fully saturated rings. The van der Waals surface area contributed by atoms with Crippen molar-refractivity contribution >= 4 is 23.6 Å². The van der Waals surface area contributed by atoms with Crippen molar-refractivity contribution in [2.45, 2.75) is 80.1 Å². The fraction of sp³-hybridized carbons (Fsp3) is 0.500. The third-order valence-electron chi connectivity index (χ3n) is 10.8. The molecule has 2 heterocycles. The molecule has 4 amide bonds. The number of nitrogens with zero attached hydrogens (tertiary/aromatic N) is 6. The molecule has 0 aliphatic heterocycles. The van der Waals surface area contributed by atoms with Gasteiger partial charge in [0.1, 0.15) is 11.6 Å². The van der Waals surface area contributed by atoms with Crippen LogP contribution >= 0.6 is 0 Å². The number of benzene rings is 2. The van der Waals surface area contributed by atoms with Gasteiger partial charge in [0.2, 0.25) is 23.6 Å². The number of likely N-dealkylation sites (N-methyl/N-ethyl adjacent to an activating group) is 4. The second kappa shape index (κ2) is 20.1. The number of aromatic nitrogens is 4. The van der Waals surface area contributed by atoms with Crippen LogP contribution in [0.15, 0.2) is 60.9 Å². The lowest BCUT2D eigenvalue weighted by Crippen LogP contribution is -2.41. The monoisotopic (exact) mass is 766 g/mol. The van der Waals surface area contributed by atoms with Gasteiger partial charge in [0.05, 0.1) is 36.9 Å². The summed E-state index contributed by atoms with van der Waals surface area (Å²) in [4.78, 5) is 74.3. The summed E-state index contributed by atoms with van der Waals surface area (Å²) in [5, 5.41) is 0. The molecule has 12 nitrogen and oxygen atoms in total. The SMILES string of the molecule is CCN(CC)C(=O)CN(C)C(=O)C[C@H](c1ncc(-c2ccc(-c3ccc(-c4cnc([C@@H](CC(=O)N(C)CC(=O)N(CC)CC)C(C)C)[nH]4)cc3)cc2)[nH]1)C(C)C. The van der Waals surface area contributed by atoms with Gasteiger partial charge < -0.3 is 29.6 Å². The maximum atomic E-state index is 13.2. The van der Waals surface area contributed by atoms with Gasteiger partial charge in [-0.2, -0.15) is 0 Å². The molecule has 4 aromatic rings. The largest absolute Gasteiger partial charge is 0.342 e. The Morgan fingerprint density at radius 2 is 0.821 bits per heavy atom. The number of carbonyl (C=O) groups excluding carboxylic acids is 4. The Morgan fingerprint density at radius 3 is 1.11 bits per heavy atom. The highest BCUT2D eigenvalue weighted by Gasteiger charge is 2.27. The van der Waals surface area contributed by atoms with E-state index >= 15 is 0 Å². The number of rotatable bonds is 19. The third kappa shape index (κ3) is 10.9. The standard InChI is InChI=1S/C44H62N8O4/c1-11-51(12-2)41(55)27-49(9)39(53)23-35(29(5)6)43-45-25-37(47-43)33-19-15-31(16-20-33)32-17-21-34(22-18-32)38-26-46-44(48-38)36(30(7)8)24-40(54)50(10)28-42(56)52(13-3)14-4/h15-22,25-26,29-30,35-36H,11-14,23-24,27-28H2,1-10H3,(H,45,47)(H,46,48)/t35-,36-/m0/s1. The molecular formula is C44H62N8O4. The van der Waals surface area contributed by atoms with Crippen molar-refractivity contribution in [2.75, 3.05) is 53.4 Å². The maximum absolute atomic E-state index is 13.2. The number of amides is 4. The normalized spacial score (nSPS) is 12.4. The van der Waals surface area contributed by atoms with Gasteiger partial charge in [0, 0.05) is 65.0 Å². The molecule has 2 aromatic heterocycles. The van der Waals surface area contributed by atoms with Gasteiger partial charge >= 0.3 is 0 Å². The Hall–Kier alpha value is -5.26. The van der Waals surface area contributed by atoms with Crippen molar-refractivity contribution < 1.29 is 19.2 Å². The van der Waals surface area contributed by atoms with E-state index in [-0.39, 0.29) is 73.2 Å². The molecule has 0 bridgehead atoms. The van der Waals surface area contributed by atoms with Crippen molar-refractivity contribution in [3.63, 3.8) is 0 Å². The van der Waals surface area contributed by atoms with E-state index in [1.54, 1.807) is 23.9 Å². The lowest BCUT2D eigenvalue weighted by atomic mass is 9.91. The molecule has 2 aromatic carbocycles. The molecular weight excluding hydrogens is 705 g/mol. The van der Waals surface area contributed by atoms with E-state index in [1.807, 2.05) is 40.1 Å². The molecule has 0 aliphatic carbocycles. The van der Waals surface area contributed by atoms with Crippen LogP contribution in [0.4, 0.5) is 0 Å². The summed E-state index contributed by atoms with van der Waals surface area (Å²) in [6.45, 7) is 18.7. The zero-order valence-electron chi connectivity index (χ0n) is 35.1. The van der Waals surface area contributed by atoms with Crippen LogP contribution in [0.25, 0.3) is 33.6 Å². The Labute approximate surface area is 333 Å². The van der Waals surface area contributed by atoms with Crippen LogP contribution in [0.2, 0.25) is 0 Å². The summed E-state index contributed by atoms with van der Waals surface area (Å²) < 4.78 is 0. The first-order chi connectivity index (χ1) is 26.7. The van der Waals surface area contributed by atoms with Crippen LogP contribution in [-0.2, 0) is 19.2 Å². The number of aromatic amines is 2. The van der Waals surface area contributed by atoms with Crippen LogP contribution in [-0.4, -0.2) is 117 Å². The summed E-state index contributed by atoms with van der Waals surface area (Å²) in [5.41, 5.74) is 5.87. The van der Waals surface area contributed by atoms with Gasteiger partial charge in [-0.15, -0.1) is 0 Å². The van der Waals surface area contributed by atoms with Crippen LogP contribution in [0.1, 0.15) is 91.7 Å². The van der Waals surface area contributed by atoms with E-state index in [4.69, 9.17) is 0 Å². The summed E-state index contributed by atoms with van der Waals surface area (Å²) in [5.74, 6) is 1.34. The van der Waals surface area contributed by atoms with Gasteiger partial charge in [-0.25, -0.2) is 9.97 Å². The molecule has 0 aliphatic rings. The minimum absolute atomic E-state index is 0.0498. The summed E-state index contributed by atoms with van der Waals surface area (Å²) in [6, 6.07) is 16.6. The van der Waals surface area contributed by atoms with Crippen LogP contribution < -0.4 is 0 Å². The molecule has 0 saturated carbocycles. The molecule has 2 atom stereocenters. The Kier molecular flexibility index (Phi) is 15.6. The first-order valence-corrected chi connectivity index (χ1v) is 20.0. The van der Waals surface area contributed by atoms with E-state index in [1.165, 1.54) is 9.80 Å². The molecule has 4 rings (SSSR count). The second-order valence-electron chi connectivity index (χ2n) is 15.3. The lowest BCUT2D eigenvalue weighted by Gasteiger charge is -2.25. The fourth-order valence-corrected chi connectivity index (χ4v) is 6.95. The zero-order chi connectivity index (χ0) is 41.1. The van der Waals surface area contributed by atoms with E-state index in [0.717, 1.165) is 45.3 Å². The first kappa shape index (κ1) is 43.5. The van der Waals surface area contributed by atoms with Crippen molar-refractivity contribution in [1.29, 1.82) is 0 Å². The average molecular weight is 767 g/mol. The van der Waals surface area contributed by atoms with Crippen LogP contribution in [0.3, 0.4) is 0 Å². The van der Waals surface area contributed by atoms with Gasteiger partial charge in [0.15, 0.2) is 0 Å². The topological polar surface area (TPSA) is 139 Å². The van der Waals surface area contributed by atoms with Crippen molar-refractivity contribution in [1.82, 2.24) is 39.5 Å². The predicted octanol–water partition coefficient (Wildman–Crippen LogP) is 7.05. The van der Waals surface area contributed by atoms with Gasteiger partial charge in [-0.05, 0) is 61.8 Å². The third-order valence-corrected chi connectivity index (χ3v) is 10.8. The van der Waals surface area contributed by atoms with Crippen LogP contribution in [0, 0.1) is 11.8 Å². The van der Waals surface area contributed by atoms with E-state index in [0.29, 0.717) is 26.2 Å². The quantitative estimate of drug-likeness (QED) is 0.105. The molecule has 0 radical (unpaired) electrons. The van der Waals surface area contributed by atoms with Crippen LogP contribution in [0.5, 0.6) is 0 Å². The summed E-state index contributed by atoms with van der Waals surface area (Å²) >= 11 is 0. The van der Waals surface area contributed by atoms with E-state index < -0.39 is 0 Å². The second-order valence-corrected chi connectivity index (χ2v) is 15.3. The minimum Gasteiger partial charge on any atom is -0.342 e. The van der Waals surface area contributed by atoms with Gasteiger partial charge in [0.25, 0.3) is 0 Å². The van der Waals surface area contributed by atoms with Gasteiger partial charge in [-0.3, -0.25) is 19.2 Å². The zero-order valence-corrected chi connectivity index (χ0v) is 35.1. The number of nitrogens with one attached hydrogen (secondary N) is 2. The number of carbonyl (C=O) groups is 4. The number of imidazole rings is 2. The number of hydrogen-bond donors (Lipinski definition) is 2. The Bertz CT molecular complexity index is 1750. The molecule has 0 spiro atoms. The smallest absolute Gasteiger partial charge is 0.242 e. The molecule has 12 heteroatoms. The Morgan fingerprint density at radius 1 is 0.518 bits per heavy atom. The summed E-state index contributed by atoms with van der Waals surface area (Å²) in [7, 11) is 3.37. The van der Waals surface area contributed by atoms with Crippen molar-refractivity contribution in [3.05, 3.63) is 72.6 Å². The Balaban J connectivity index is 1.40. The minimum atomic E-state index is -0.119. The summed E-state index contributed by atoms with van der Waals surface area (Å²) in [6.07, 6.45) is 4.16. The van der Waals surface area contributed by atoms with Crippen molar-refractivity contribution in [2.24, 2.45) is 11.8 Å². The molecule has 302 valence electrons. The highest BCUT2D eigenvalue weighted by atomic mass is 16.2. The maximum Gasteiger partial charge on any atom is 0.242 e. The number of H-pyrrole nitrogens is 2. The van der Waals surface area contributed by atoms with Gasteiger partial charge in [-0.1, -0.05) is 76.2 Å². The highest BCUT2D eigenvalue weighted by Crippen LogP contribution is 2.32.